The molecule has 5 nitrogen and oxygen atoms in total. The van der Waals surface area contributed by atoms with E-state index >= 15 is 0 Å². The topological polar surface area (TPSA) is 64.6 Å². The quantitative estimate of drug-likeness (QED) is 0.426. The minimum Gasteiger partial charge on any atom is -0.482 e. The van der Waals surface area contributed by atoms with Crippen LogP contribution in [-0.4, -0.2) is 32.1 Å². The van der Waals surface area contributed by atoms with Crippen LogP contribution >= 0.6 is 0 Å². The van der Waals surface area contributed by atoms with Crippen molar-refractivity contribution in [3.63, 3.8) is 0 Å². The Morgan fingerprint density at radius 2 is 2.08 bits per heavy atom. The van der Waals surface area contributed by atoms with Crippen LogP contribution in [0, 0.1) is 0 Å². The zero-order valence-electron chi connectivity index (χ0n) is 14.5. The van der Waals surface area contributed by atoms with Crippen LogP contribution in [-0.2, 0) is 14.3 Å². The Labute approximate surface area is 148 Å². The molecular formula is C20H23NO4. The first-order chi connectivity index (χ1) is 12.1. The molecule has 132 valence electrons. The number of nitrogens with one attached hydrogen (secondary N) is 1. The Balaban J connectivity index is 2.57. The summed E-state index contributed by atoms with van der Waals surface area (Å²) < 4.78 is 9.82. The Kier molecular flexibility index (Phi) is 9.15. The summed E-state index contributed by atoms with van der Waals surface area (Å²) in [7, 11) is 1.30. The van der Waals surface area contributed by atoms with Crippen LogP contribution in [0.3, 0.4) is 0 Å². The molecule has 0 heterocycles. The summed E-state index contributed by atoms with van der Waals surface area (Å²) in [6, 6.07) is 7.07. The van der Waals surface area contributed by atoms with Gasteiger partial charge in [0, 0.05) is 12.6 Å². The van der Waals surface area contributed by atoms with E-state index in [2.05, 4.69) is 16.6 Å². The first-order valence-corrected chi connectivity index (χ1v) is 7.79. The highest BCUT2D eigenvalue weighted by atomic mass is 16.6. The largest absolute Gasteiger partial charge is 0.482 e. The molecule has 0 aromatic heterocycles. The van der Waals surface area contributed by atoms with Crippen molar-refractivity contribution in [2.45, 2.75) is 6.92 Å². The van der Waals surface area contributed by atoms with E-state index in [0.29, 0.717) is 12.3 Å². The second-order valence-electron chi connectivity index (χ2n) is 4.95. The third kappa shape index (κ3) is 8.37. The van der Waals surface area contributed by atoms with E-state index in [9.17, 15) is 9.59 Å². The van der Waals surface area contributed by atoms with E-state index in [1.165, 1.54) is 13.2 Å². The molecule has 0 atom stereocenters. The van der Waals surface area contributed by atoms with Crippen molar-refractivity contribution in [3.05, 3.63) is 72.4 Å². The highest BCUT2D eigenvalue weighted by Crippen LogP contribution is 2.14. The van der Waals surface area contributed by atoms with Crippen molar-refractivity contribution in [2.24, 2.45) is 0 Å². The number of hydrogen-bond acceptors (Lipinski definition) is 4. The maximum atomic E-state index is 11.9. The van der Waals surface area contributed by atoms with Gasteiger partial charge in [-0.1, -0.05) is 43.0 Å². The molecule has 0 bridgehead atoms. The van der Waals surface area contributed by atoms with Gasteiger partial charge < -0.3 is 14.8 Å². The summed E-state index contributed by atoms with van der Waals surface area (Å²) in [5.74, 6) is -0.128. The molecule has 1 aromatic carbocycles. The molecule has 5 heteroatoms. The fourth-order valence-corrected chi connectivity index (χ4v) is 1.78. The molecule has 0 aliphatic heterocycles. The minimum absolute atomic E-state index is 0.158. The Hall–Kier alpha value is -3.08. The number of allylic oxidation sites excluding steroid dienone is 3. The van der Waals surface area contributed by atoms with Crippen LogP contribution in [0.5, 0.6) is 5.75 Å². The average molecular weight is 341 g/mol. The molecule has 0 unspecified atom stereocenters. The van der Waals surface area contributed by atoms with E-state index in [1.807, 2.05) is 31.2 Å². The van der Waals surface area contributed by atoms with Gasteiger partial charge in [-0.3, -0.25) is 4.79 Å². The van der Waals surface area contributed by atoms with Gasteiger partial charge >= 0.3 is 5.97 Å². The number of carbonyl (C=O) groups excluding carboxylic acids is 2. The van der Waals surface area contributed by atoms with Crippen molar-refractivity contribution in [1.82, 2.24) is 5.32 Å². The van der Waals surface area contributed by atoms with Gasteiger partial charge in [-0.05, 0) is 36.3 Å². The molecule has 0 saturated heterocycles. The molecule has 0 fully saturated rings. The van der Waals surface area contributed by atoms with Gasteiger partial charge in [-0.25, -0.2) is 4.79 Å². The average Bonchev–Trinajstić information content (AvgIpc) is 2.64. The smallest absolute Gasteiger partial charge is 0.343 e. The lowest BCUT2D eigenvalue weighted by Crippen LogP contribution is -2.22. The number of carbonyl (C=O) groups is 2. The molecule has 0 aliphatic carbocycles. The normalized spacial score (nSPS) is 11.5. The predicted molar refractivity (Wildman–Crippen MR) is 99.1 cm³/mol. The zero-order valence-corrected chi connectivity index (χ0v) is 14.5. The van der Waals surface area contributed by atoms with E-state index < -0.39 is 5.97 Å². The van der Waals surface area contributed by atoms with E-state index in [0.717, 1.165) is 11.1 Å². The van der Waals surface area contributed by atoms with Gasteiger partial charge in [0.1, 0.15) is 5.75 Å². The lowest BCUT2D eigenvalue weighted by molar-refractivity contribution is -0.142. The molecule has 0 saturated carbocycles. The van der Waals surface area contributed by atoms with Crippen molar-refractivity contribution >= 4 is 18.0 Å². The number of hydrogen-bond donors (Lipinski definition) is 1. The highest BCUT2D eigenvalue weighted by Gasteiger charge is 2.02. The first kappa shape index (κ1) is 20.0. The SMILES string of the molecule is C=C/C=C\C(=C/C)CNC(=O)/C=C/c1cccc(OCC(=O)OC)c1. The van der Waals surface area contributed by atoms with E-state index in [1.54, 1.807) is 30.4 Å². The number of methoxy groups -OCH3 is 1. The summed E-state index contributed by atoms with van der Waals surface area (Å²) >= 11 is 0. The number of rotatable bonds is 9. The lowest BCUT2D eigenvalue weighted by atomic mass is 10.2. The standard InChI is InChI=1S/C20H23NO4/c1-4-6-8-16(5-2)14-21-19(22)12-11-17-9-7-10-18(13-17)25-15-20(23)24-3/h4-13H,1,14-15H2,2-3H3,(H,21,22)/b8-6-,12-11+,16-5+. The van der Waals surface area contributed by atoms with Crippen LogP contribution in [0.1, 0.15) is 12.5 Å². The first-order valence-electron chi connectivity index (χ1n) is 7.79. The molecule has 0 spiro atoms. The van der Waals surface area contributed by atoms with Crippen molar-refractivity contribution < 1.29 is 19.1 Å². The molecule has 0 aliphatic rings. The maximum Gasteiger partial charge on any atom is 0.343 e. The van der Waals surface area contributed by atoms with Gasteiger partial charge in [-0.2, -0.15) is 0 Å². The highest BCUT2D eigenvalue weighted by molar-refractivity contribution is 5.91. The molecular weight excluding hydrogens is 318 g/mol. The summed E-state index contributed by atoms with van der Waals surface area (Å²) in [6.45, 7) is 5.80. The fraction of sp³-hybridized carbons (Fsp3) is 0.200. The fourth-order valence-electron chi connectivity index (χ4n) is 1.78. The third-order valence-electron chi connectivity index (χ3n) is 3.15. The second-order valence-corrected chi connectivity index (χ2v) is 4.95. The molecule has 0 radical (unpaired) electrons. The van der Waals surface area contributed by atoms with Gasteiger partial charge in [-0.15, -0.1) is 0 Å². The Morgan fingerprint density at radius 3 is 2.76 bits per heavy atom. The second kappa shape index (κ2) is 11.5. The number of benzene rings is 1. The van der Waals surface area contributed by atoms with Crippen LogP contribution in [0.15, 0.2) is 66.8 Å². The van der Waals surface area contributed by atoms with Gasteiger partial charge in [0.05, 0.1) is 7.11 Å². The van der Waals surface area contributed by atoms with Crippen LogP contribution < -0.4 is 10.1 Å². The summed E-state index contributed by atoms with van der Waals surface area (Å²) in [4.78, 5) is 23.0. The predicted octanol–water partition coefficient (Wildman–Crippen LogP) is 3.06. The number of amides is 1. The van der Waals surface area contributed by atoms with Crippen molar-refractivity contribution in [3.8, 4) is 5.75 Å². The number of esters is 1. The summed E-state index contributed by atoms with van der Waals surface area (Å²) in [6.07, 6.45) is 10.4. The lowest BCUT2D eigenvalue weighted by Gasteiger charge is -2.05. The monoisotopic (exact) mass is 341 g/mol. The number of ether oxygens (including phenoxy) is 2. The summed E-state index contributed by atoms with van der Waals surface area (Å²) in [5.41, 5.74) is 1.77. The van der Waals surface area contributed by atoms with Gasteiger partial charge in [0.15, 0.2) is 6.61 Å². The Bertz CT molecular complexity index is 687. The summed E-state index contributed by atoms with van der Waals surface area (Å²) in [5, 5.41) is 2.80. The Morgan fingerprint density at radius 1 is 1.28 bits per heavy atom. The van der Waals surface area contributed by atoms with Crippen LogP contribution in [0.2, 0.25) is 0 Å². The zero-order chi connectivity index (χ0) is 18.5. The molecule has 1 rings (SSSR count). The molecule has 1 amide bonds. The minimum atomic E-state index is -0.453. The van der Waals surface area contributed by atoms with Gasteiger partial charge in [0.2, 0.25) is 5.91 Å². The molecule has 25 heavy (non-hydrogen) atoms. The van der Waals surface area contributed by atoms with Crippen molar-refractivity contribution in [2.75, 3.05) is 20.3 Å². The van der Waals surface area contributed by atoms with Gasteiger partial charge in [0.25, 0.3) is 0 Å². The van der Waals surface area contributed by atoms with Crippen LogP contribution in [0.4, 0.5) is 0 Å². The third-order valence-corrected chi connectivity index (χ3v) is 3.15. The van der Waals surface area contributed by atoms with E-state index in [-0.39, 0.29) is 12.5 Å². The van der Waals surface area contributed by atoms with Crippen molar-refractivity contribution in [1.29, 1.82) is 0 Å². The molecule has 1 N–H and O–H groups in total. The van der Waals surface area contributed by atoms with Crippen LogP contribution in [0.25, 0.3) is 6.08 Å². The van der Waals surface area contributed by atoms with E-state index in [4.69, 9.17) is 4.74 Å². The maximum absolute atomic E-state index is 11.9. The molecule has 1 aromatic rings.